The van der Waals surface area contributed by atoms with E-state index in [0.717, 1.165) is 0 Å². The van der Waals surface area contributed by atoms with Gasteiger partial charge in [0, 0.05) is 6.42 Å². The number of hydrogen-bond donors (Lipinski definition) is 1. The predicted octanol–water partition coefficient (Wildman–Crippen LogP) is 1.51. The third kappa shape index (κ3) is 3.98. The number of nitrogens with zero attached hydrogens (tertiary/aromatic N) is 3. The van der Waals surface area contributed by atoms with E-state index in [2.05, 4.69) is 10.3 Å². The van der Waals surface area contributed by atoms with Gasteiger partial charge in [0.05, 0.1) is 25.1 Å². The molecule has 0 spiro atoms. The molecule has 0 radical (unpaired) electrons. The molecule has 0 saturated heterocycles. The van der Waals surface area contributed by atoms with Crippen molar-refractivity contribution in [1.29, 1.82) is 0 Å². The number of carbonyl (C=O) groups is 1. The van der Waals surface area contributed by atoms with E-state index in [0.29, 0.717) is 17.7 Å². The molecule has 2 rings (SSSR count). The van der Waals surface area contributed by atoms with Crippen molar-refractivity contribution >= 4 is 17.7 Å². The van der Waals surface area contributed by atoms with Crippen LogP contribution in [0.1, 0.15) is 18.2 Å². The summed E-state index contributed by atoms with van der Waals surface area (Å²) < 4.78 is 18.9. The summed E-state index contributed by atoms with van der Waals surface area (Å²) in [5.74, 6) is -0.963. The Labute approximate surface area is 126 Å². The first-order chi connectivity index (χ1) is 10.5. The zero-order valence-electron chi connectivity index (χ0n) is 12.2. The third-order valence-corrected chi connectivity index (χ3v) is 2.86. The first kappa shape index (κ1) is 15.8. The maximum Gasteiger partial charge on any atom is 0.356 e. The lowest BCUT2D eigenvalue weighted by Crippen LogP contribution is -2.11. The first-order valence-electron chi connectivity index (χ1n) is 6.65. The van der Waals surface area contributed by atoms with Crippen LogP contribution in [0.2, 0.25) is 0 Å². The van der Waals surface area contributed by atoms with E-state index in [-0.39, 0.29) is 11.5 Å². The quantitative estimate of drug-likeness (QED) is 0.669. The average molecular weight is 305 g/mol. The Morgan fingerprint density at radius 2 is 2.14 bits per heavy atom. The summed E-state index contributed by atoms with van der Waals surface area (Å²) in [6.45, 7) is 1.63. The Bertz CT molecular complexity index is 678. The lowest BCUT2D eigenvalue weighted by molar-refractivity contribution is -0.134. The minimum atomic E-state index is -0.599. The fraction of sp³-hybridized carbons (Fsp3) is 0.267. The Kier molecular flexibility index (Phi) is 5.00. The molecule has 0 fully saturated rings. The van der Waals surface area contributed by atoms with Gasteiger partial charge in [-0.3, -0.25) is 0 Å². The van der Waals surface area contributed by atoms with Gasteiger partial charge in [0.2, 0.25) is 0 Å². The molecule has 0 amide bonds. The molecule has 6 nitrogen and oxygen atoms in total. The van der Waals surface area contributed by atoms with Crippen LogP contribution in [0.3, 0.4) is 0 Å². The zero-order valence-corrected chi connectivity index (χ0v) is 12.2. The lowest BCUT2D eigenvalue weighted by Gasteiger charge is -2.05. The molecule has 1 atom stereocenters. The van der Waals surface area contributed by atoms with Crippen LogP contribution >= 0.6 is 0 Å². The van der Waals surface area contributed by atoms with Crippen LogP contribution in [0.4, 0.5) is 4.39 Å². The molecular weight excluding hydrogens is 289 g/mol. The van der Waals surface area contributed by atoms with Crippen molar-refractivity contribution in [3.05, 3.63) is 47.5 Å². The van der Waals surface area contributed by atoms with E-state index in [9.17, 15) is 14.3 Å². The number of esters is 1. The van der Waals surface area contributed by atoms with Crippen molar-refractivity contribution in [1.82, 2.24) is 15.0 Å². The van der Waals surface area contributed by atoms with Crippen molar-refractivity contribution < 1.29 is 19.0 Å². The Hall–Kier alpha value is -2.54. The number of hydrogen-bond acceptors (Lipinski definition) is 5. The van der Waals surface area contributed by atoms with Gasteiger partial charge >= 0.3 is 5.97 Å². The van der Waals surface area contributed by atoms with E-state index < -0.39 is 12.1 Å². The molecule has 0 aliphatic rings. The number of methoxy groups -OCH3 is 1. The lowest BCUT2D eigenvalue weighted by atomic mass is 10.2. The van der Waals surface area contributed by atoms with Crippen molar-refractivity contribution in [2.75, 3.05) is 7.11 Å². The van der Waals surface area contributed by atoms with Gasteiger partial charge in [0.15, 0.2) is 5.70 Å². The largest absolute Gasteiger partial charge is 0.464 e. The molecule has 1 heterocycles. The highest BCUT2D eigenvalue weighted by molar-refractivity contribution is 6.15. The number of benzene rings is 1. The summed E-state index contributed by atoms with van der Waals surface area (Å²) in [6.07, 6.45) is 2.82. The van der Waals surface area contributed by atoms with Gasteiger partial charge in [0.1, 0.15) is 5.82 Å². The van der Waals surface area contributed by atoms with Gasteiger partial charge in [-0.25, -0.2) is 13.9 Å². The molecule has 0 bridgehead atoms. The number of ether oxygens (including phenoxy) is 1. The number of rotatable bonds is 5. The van der Waals surface area contributed by atoms with Crippen LogP contribution < -0.4 is 0 Å². The van der Waals surface area contributed by atoms with Crippen LogP contribution in [-0.4, -0.2) is 39.3 Å². The van der Waals surface area contributed by atoms with Gasteiger partial charge in [-0.1, -0.05) is 17.3 Å². The van der Waals surface area contributed by atoms with Crippen LogP contribution in [0.5, 0.6) is 0 Å². The monoisotopic (exact) mass is 305 g/mol. The Balaban J connectivity index is 2.35. The maximum absolute atomic E-state index is 12.9. The number of halogens is 1. The molecule has 0 aliphatic heterocycles. The Morgan fingerprint density at radius 3 is 2.73 bits per heavy atom. The van der Waals surface area contributed by atoms with Crippen molar-refractivity contribution in [2.24, 2.45) is 0 Å². The summed E-state index contributed by atoms with van der Waals surface area (Å²) in [5, 5.41) is 17.1. The average Bonchev–Trinajstić information content (AvgIpc) is 2.93. The predicted molar refractivity (Wildman–Crippen MR) is 78.0 cm³/mol. The summed E-state index contributed by atoms with van der Waals surface area (Å²) in [6, 6.07) is 5.65. The highest BCUT2D eigenvalue weighted by Crippen LogP contribution is 2.14. The van der Waals surface area contributed by atoms with E-state index in [1.54, 1.807) is 13.1 Å². The molecule has 2 aromatic rings. The topological polar surface area (TPSA) is 77.2 Å². The minimum Gasteiger partial charge on any atom is -0.464 e. The summed E-state index contributed by atoms with van der Waals surface area (Å²) >= 11 is 0. The third-order valence-electron chi connectivity index (χ3n) is 2.86. The smallest absolute Gasteiger partial charge is 0.356 e. The molecule has 0 saturated carbocycles. The number of carbonyl (C=O) groups excluding carboxylic acids is 1. The molecule has 1 aromatic carbocycles. The second-order valence-electron chi connectivity index (χ2n) is 4.78. The van der Waals surface area contributed by atoms with Gasteiger partial charge in [-0.15, -0.1) is 5.10 Å². The molecule has 22 heavy (non-hydrogen) atoms. The number of aromatic nitrogens is 3. The van der Waals surface area contributed by atoms with E-state index in [1.165, 1.54) is 42.1 Å². The van der Waals surface area contributed by atoms with Crippen LogP contribution in [0.15, 0.2) is 30.5 Å². The fourth-order valence-electron chi connectivity index (χ4n) is 1.85. The molecule has 1 N–H and O–H groups in total. The first-order valence-corrected chi connectivity index (χ1v) is 6.65. The summed E-state index contributed by atoms with van der Waals surface area (Å²) in [4.78, 5) is 11.9. The highest BCUT2D eigenvalue weighted by Gasteiger charge is 2.15. The fourth-order valence-corrected chi connectivity index (χ4v) is 1.85. The zero-order chi connectivity index (χ0) is 16.1. The van der Waals surface area contributed by atoms with Crippen LogP contribution in [-0.2, 0) is 16.0 Å². The molecule has 7 heteroatoms. The van der Waals surface area contributed by atoms with Crippen molar-refractivity contribution in [3.63, 3.8) is 0 Å². The minimum absolute atomic E-state index is 0.137. The summed E-state index contributed by atoms with van der Waals surface area (Å²) in [5.41, 5.74) is 1.30. The molecular formula is C15H16FN3O3. The molecule has 1 unspecified atom stereocenters. The molecule has 0 aliphatic carbocycles. The van der Waals surface area contributed by atoms with Crippen LogP contribution in [0.25, 0.3) is 11.8 Å². The summed E-state index contributed by atoms with van der Waals surface area (Å²) in [7, 11) is 1.26. The molecule has 1 aromatic heterocycles. The maximum atomic E-state index is 12.9. The standard InChI is InChI=1S/C15H16FN3O3/c1-10(20)7-13-9-19(18-17-13)14(15(21)22-2)8-11-3-5-12(16)6-4-11/h3-6,8-10,20H,7H2,1-2H3/b14-8-. The number of aliphatic hydroxyl groups excluding tert-OH is 1. The van der Waals surface area contributed by atoms with Gasteiger partial charge in [0.25, 0.3) is 0 Å². The highest BCUT2D eigenvalue weighted by atomic mass is 19.1. The van der Waals surface area contributed by atoms with Crippen molar-refractivity contribution in [3.8, 4) is 0 Å². The van der Waals surface area contributed by atoms with Gasteiger partial charge < -0.3 is 9.84 Å². The second-order valence-corrected chi connectivity index (χ2v) is 4.78. The van der Waals surface area contributed by atoms with Gasteiger partial charge in [-0.2, -0.15) is 0 Å². The number of aliphatic hydroxyl groups is 1. The van der Waals surface area contributed by atoms with E-state index in [4.69, 9.17) is 4.74 Å². The van der Waals surface area contributed by atoms with E-state index >= 15 is 0 Å². The SMILES string of the molecule is COC(=O)/C(=C/c1ccc(F)cc1)n1cc(CC(C)O)nn1. The van der Waals surface area contributed by atoms with E-state index in [1.807, 2.05) is 0 Å². The second kappa shape index (κ2) is 6.95. The Morgan fingerprint density at radius 1 is 1.45 bits per heavy atom. The molecule has 116 valence electrons. The van der Waals surface area contributed by atoms with Gasteiger partial charge in [-0.05, 0) is 30.7 Å². The van der Waals surface area contributed by atoms with Crippen LogP contribution in [0, 0.1) is 5.82 Å². The normalized spacial score (nSPS) is 13.0. The van der Waals surface area contributed by atoms with Crippen molar-refractivity contribution in [2.45, 2.75) is 19.4 Å².